The first kappa shape index (κ1) is 42.6. The van der Waals surface area contributed by atoms with Gasteiger partial charge in [-0.2, -0.15) is 0 Å². The second kappa shape index (κ2) is 15.9. The molecule has 0 aliphatic carbocycles. The predicted molar refractivity (Wildman–Crippen MR) is 219 cm³/mol. The van der Waals surface area contributed by atoms with Crippen molar-refractivity contribution in [3.8, 4) is 11.5 Å². The maximum absolute atomic E-state index is 14.0. The maximum atomic E-state index is 14.0. The number of phenolic OH excluding ortho intramolecular Hbond substituents is 2. The Kier molecular flexibility index (Phi) is 12.6. The van der Waals surface area contributed by atoms with Gasteiger partial charge >= 0.3 is 0 Å². The van der Waals surface area contributed by atoms with Crippen LogP contribution in [0, 0.1) is 0 Å². The molecule has 0 aliphatic heterocycles. The quantitative estimate of drug-likeness (QED) is 0.0820. The van der Waals surface area contributed by atoms with Crippen LogP contribution in [-0.4, -0.2) is 55.8 Å². The zero-order chi connectivity index (χ0) is 40.6. The van der Waals surface area contributed by atoms with Gasteiger partial charge in [-0.3, -0.25) is 9.59 Å². The van der Waals surface area contributed by atoms with Crippen LogP contribution in [-0.2, 0) is 54.1 Å². The number of carbonyl (C=O) groups excluding carboxylic acids is 2. The lowest BCUT2D eigenvalue weighted by atomic mass is 9.75. The number of benzene rings is 2. The number of H-pyrrole nitrogens is 2. The Bertz CT molecular complexity index is 1940. The van der Waals surface area contributed by atoms with Crippen molar-refractivity contribution in [2.75, 3.05) is 14.1 Å². The molecule has 0 spiro atoms. The first-order valence-corrected chi connectivity index (χ1v) is 19.3. The number of ketones is 2. The highest BCUT2D eigenvalue weighted by atomic mass is 16.3. The number of hydrogen-bond donors (Lipinski definition) is 5. The second-order valence-corrected chi connectivity index (χ2v) is 19.2. The Hall–Kier alpha value is -4.14. The third kappa shape index (κ3) is 10.1. The lowest BCUT2D eigenvalue weighted by Crippen LogP contribution is -2.23. The maximum Gasteiger partial charge on any atom is 0.179 e. The zero-order valence-corrected chi connectivity index (χ0v) is 35.1. The number of nitrogens with one attached hydrogen (secondary N) is 2. The fourth-order valence-electron chi connectivity index (χ4n) is 7.32. The molecule has 0 atom stereocenters. The van der Waals surface area contributed by atoms with Crippen molar-refractivity contribution in [1.29, 1.82) is 0 Å². The molecular formula is C46H65N3O5. The molecule has 0 bridgehead atoms. The highest BCUT2D eigenvalue weighted by Crippen LogP contribution is 2.43. The second-order valence-electron chi connectivity index (χ2n) is 19.2. The van der Waals surface area contributed by atoms with E-state index in [-0.39, 0.29) is 46.6 Å². The summed E-state index contributed by atoms with van der Waals surface area (Å²) in [4.78, 5) is 35.6. The number of aromatic hydroxyl groups is 2. The molecule has 8 nitrogen and oxygen atoms in total. The van der Waals surface area contributed by atoms with Crippen LogP contribution in [0.15, 0.2) is 42.6 Å². The van der Waals surface area contributed by atoms with Gasteiger partial charge in [-0.15, -0.1) is 0 Å². The minimum Gasteiger partial charge on any atom is -0.507 e. The Morgan fingerprint density at radius 3 is 1.56 bits per heavy atom. The molecule has 4 aromatic rings. The van der Waals surface area contributed by atoms with E-state index in [0.29, 0.717) is 54.9 Å². The number of aryl methyl sites for hydroxylation is 2. The number of nitrogens with zero attached hydrogens (tertiary/aromatic N) is 1. The SMILES string of the molecule is CN(C)Cc1cc(CC(C)(C)c2cc(CCC(=O)c3cc(CO)c[nH]3)cc(C(C)(C)C)c2O)[nH]c1C(=O)CCc1cc(C(C)(C)C)c(O)c(C(C)(C)C)c1. The Morgan fingerprint density at radius 2 is 1.11 bits per heavy atom. The van der Waals surface area contributed by atoms with E-state index in [0.717, 1.165) is 44.6 Å². The monoisotopic (exact) mass is 739 g/mol. The molecular weight excluding hydrogens is 675 g/mol. The Morgan fingerprint density at radius 1 is 0.648 bits per heavy atom. The van der Waals surface area contributed by atoms with Crippen LogP contribution in [0.4, 0.5) is 0 Å². The van der Waals surface area contributed by atoms with Gasteiger partial charge < -0.3 is 30.2 Å². The van der Waals surface area contributed by atoms with E-state index in [1.807, 2.05) is 26.2 Å². The molecule has 0 saturated carbocycles. The molecule has 5 N–H and O–H groups in total. The molecule has 2 aromatic heterocycles. The summed E-state index contributed by atoms with van der Waals surface area (Å²) in [5, 5.41) is 32.4. The molecule has 2 heterocycles. The van der Waals surface area contributed by atoms with Gasteiger partial charge in [0.05, 0.1) is 18.0 Å². The molecule has 0 radical (unpaired) electrons. The van der Waals surface area contributed by atoms with Crippen LogP contribution in [0.2, 0.25) is 0 Å². The summed E-state index contributed by atoms with van der Waals surface area (Å²) in [5.74, 6) is 0.599. The lowest BCUT2D eigenvalue weighted by molar-refractivity contribution is 0.0969. The summed E-state index contributed by atoms with van der Waals surface area (Å²) in [6, 6.07) is 11.9. The summed E-state index contributed by atoms with van der Waals surface area (Å²) in [5.41, 5.74) is 7.65. The van der Waals surface area contributed by atoms with Crippen LogP contribution in [0.5, 0.6) is 11.5 Å². The van der Waals surface area contributed by atoms with E-state index in [4.69, 9.17) is 0 Å². The fourth-order valence-corrected chi connectivity index (χ4v) is 7.32. The topological polar surface area (TPSA) is 130 Å². The number of rotatable bonds is 14. The number of aromatic nitrogens is 2. The molecule has 0 fully saturated rings. The number of Topliss-reactive ketones (excluding diaryl/α,β-unsaturated/α-hetero) is 2. The number of phenols is 2. The van der Waals surface area contributed by atoms with Gasteiger partial charge in [-0.05, 0) is 106 Å². The van der Waals surface area contributed by atoms with E-state index < -0.39 is 5.41 Å². The summed E-state index contributed by atoms with van der Waals surface area (Å²) in [7, 11) is 3.99. The standard InChI is InChI=1S/C46H65N3O5/c1-43(2,3)33-18-28(19-34(41(33)53)44(4,5)6)15-17-39(52)40-31(26-49(12)13)23-32(48-40)24-46(10,11)36-21-29(20-35(42(36)54)45(7,8)9)14-16-38(51)37-22-30(27-50)25-47-37/h18-23,25,47-48,50,53-54H,14-17,24,26-27H2,1-13H3. The minimum atomic E-state index is -0.529. The van der Waals surface area contributed by atoms with Gasteiger partial charge in [0, 0.05) is 36.8 Å². The van der Waals surface area contributed by atoms with Crippen molar-refractivity contribution in [3.05, 3.63) is 104 Å². The third-order valence-electron chi connectivity index (χ3n) is 10.4. The third-order valence-corrected chi connectivity index (χ3v) is 10.4. The van der Waals surface area contributed by atoms with Crippen molar-refractivity contribution in [1.82, 2.24) is 14.9 Å². The van der Waals surface area contributed by atoms with Gasteiger partial charge in [-0.25, -0.2) is 0 Å². The van der Waals surface area contributed by atoms with E-state index in [1.54, 1.807) is 12.3 Å². The van der Waals surface area contributed by atoms with E-state index in [2.05, 4.69) is 109 Å². The van der Waals surface area contributed by atoms with Crippen LogP contribution >= 0.6 is 0 Å². The molecule has 0 unspecified atom stereocenters. The van der Waals surface area contributed by atoms with Gasteiger partial charge in [-0.1, -0.05) is 100 Å². The van der Waals surface area contributed by atoms with Crippen molar-refractivity contribution in [2.45, 2.75) is 143 Å². The molecule has 54 heavy (non-hydrogen) atoms. The molecule has 294 valence electrons. The Labute approximate surface area is 323 Å². The lowest BCUT2D eigenvalue weighted by Gasteiger charge is -2.30. The number of aromatic amines is 2. The van der Waals surface area contributed by atoms with Crippen molar-refractivity contribution >= 4 is 11.6 Å². The van der Waals surface area contributed by atoms with E-state index in [1.165, 1.54) is 0 Å². The Balaban J connectivity index is 1.64. The smallest absolute Gasteiger partial charge is 0.179 e. The van der Waals surface area contributed by atoms with Crippen LogP contribution < -0.4 is 0 Å². The largest absolute Gasteiger partial charge is 0.507 e. The molecule has 0 saturated heterocycles. The normalized spacial score (nSPS) is 12.9. The molecule has 2 aromatic carbocycles. The van der Waals surface area contributed by atoms with E-state index in [9.17, 15) is 24.9 Å². The van der Waals surface area contributed by atoms with Crippen LogP contribution in [0.3, 0.4) is 0 Å². The van der Waals surface area contributed by atoms with Gasteiger partial charge in [0.25, 0.3) is 0 Å². The highest BCUT2D eigenvalue weighted by molar-refractivity contribution is 5.96. The zero-order valence-electron chi connectivity index (χ0n) is 35.1. The number of hydrogen-bond acceptors (Lipinski definition) is 6. The first-order valence-electron chi connectivity index (χ1n) is 19.3. The number of aliphatic hydroxyl groups excluding tert-OH is 1. The first-order chi connectivity index (χ1) is 24.8. The van der Waals surface area contributed by atoms with E-state index >= 15 is 0 Å². The van der Waals surface area contributed by atoms with Crippen molar-refractivity contribution in [3.63, 3.8) is 0 Å². The van der Waals surface area contributed by atoms with Crippen LogP contribution in [0.1, 0.15) is 160 Å². The van der Waals surface area contributed by atoms with Gasteiger partial charge in [0.15, 0.2) is 11.6 Å². The molecule has 4 rings (SSSR count). The number of carbonyl (C=O) groups is 2. The van der Waals surface area contributed by atoms with Gasteiger partial charge in [0.1, 0.15) is 11.5 Å². The fraction of sp³-hybridized carbons (Fsp3) is 0.522. The summed E-state index contributed by atoms with van der Waals surface area (Å²) >= 11 is 0. The number of aliphatic hydroxyl groups is 1. The van der Waals surface area contributed by atoms with Crippen molar-refractivity contribution < 1.29 is 24.9 Å². The summed E-state index contributed by atoms with van der Waals surface area (Å²) in [6.07, 6.45) is 3.86. The molecule has 0 amide bonds. The van der Waals surface area contributed by atoms with Crippen molar-refractivity contribution in [2.24, 2.45) is 0 Å². The minimum absolute atomic E-state index is 0.0346. The average Bonchev–Trinajstić information content (AvgIpc) is 3.68. The highest BCUT2D eigenvalue weighted by Gasteiger charge is 2.32. The average molecular weight is 740 g/mol. The summed E-state index contributed by atoms with van der Waals surface area (Å²) < 4.78 is 0. The summed E-state index contributed by atoms with van der Waals surface area (Å²) in [6.45, 7) is 23.5. The molecule has 8 heteroatoms. The van der Waals surface area contributed by atoms with Gasteiger partial charge in [0.2, 0.25) is 0 Å². The molecule has 0 aliphatic rings. The predicted octanol–water partition coefficient (Wildman–Crippen LogP) is 9.35. The van der Waals surface area contributed by atoms with Crippen LogP contribution in [0.25, 0.3) is 0 Å².